The zero-order chi connectivity index (χ0) is 31.2. The minimum Gasteiger partial charge on any atom is -0.494 e. The zero-order valence-electron chi connectivity index (χ0n) is 26.2. The van der Waals surface area contributed by atoms with E-state index in [4.69, 9.17) is 14.2 Å². The Kier molecular flexibility index (Phi) is 6.29. The van der Waals surface area contributed by atoms with Crippen LogP contribution in [-0.2, 0) is 34.4 Å². The molecule has 0 amide bonds. The number of benzene rings is 3. The summed E-state index contributed by atoms with van der Waals surface area (Å²) in [4.78, 5) is 15.3. The number of aromatic nitrogens is 1. The third-order valence-electron chi connectivity index (χ3n) is 11.8. The predicted octanol–water partition coefficient (Wildman–Crippen LogP) is 5.45. The molecule has 3 aliphatic carbocycles. The first-order valence-corrected chi connectivity index (χ1v) is 16.8. The van der Waals surface area contributed by atoms with Crippen molar-refractivity contribution < 1.29 is 29.2 Å². The Balaban J connectivity index is 1.20. The van der Waals surface area contributed by atoms with Crippen LogP contribution in [0.4, 0.5) is 0 Å². The number of esters is 1. The van der Waals surface area contributed by atoms with E-state index >= 15 is 0 Å². The third kappa shape index (κ3) is 3.89. The van der Waals surface area contributed by atoms with Gasteiger partial charge in [0.15, 0.2) is 17.4 Å². The van der Waals surface area contributed by atoms with Crippen LogP contribution >= 0.6 is 0 Å². The van der Waals surface area contributed by atoms with E-state index in [1.54, 1.807) is 0 Å². The van der Waals surface area contributed by atoms with Gasteiger partial charge in [-0.05, 0) is 74.2 Å². The number of aromatic hydroxyl groups is 1. The average molecular weight is 621 g/mol. The fourth-order valence-corrected chi connectivity index (χ4v) is 9.62. The Hall–Kier alpha value is -4.01. The summed E-state index contributed by atoms with van der Waals surface area (Å²) < 4.78 is 20.7. The topological polar surface area (TPSA) is 93.4 Å². The summed E-state index contributed by atoms with van der Waals surface area (Å²) in [5.41, 5.74) is 2.41. The van der Waals surface area contributed by atoms with Gasteiger partial charge in [-0.2, -0.15) is 0 Å². The summed E-state index contributed by atoms with van der Waals surface area (Å²) in [7, 11) is 1.39. The van der Waals surface area contributed by atoms with Crippen LogP contribution in [0.25, 0.3) is 10.8 Å². The Labute approximate surface area is 268 Å². The van der Waals surface area contributed by atoms with Gasteiger partial charge in [0.25, 0.3) is 0 Å². The van der Waals surface area contributed by atoms with Crippen LogP contribution in [0.1, 0.15) is 60.5 Å². The number of nitrogens with zero attached hydrogens (tertiary/aromatic N) is 2. The number of carbonyl (C=O) groups excluding carboxylic acids is 1. The summed E-state index contributed by atoms with van der Waals surface area (Å²) in [6.45, 7) is 2.33. The molecule has 2 saturated carbocycles. The van der Waals surface area contributed by atoms with E-state index in [1.807, 2.05) is 65.2 Å². The van der Waals surface area contributed by atoms with Crippen molar-refractivity contribution in [2.24, 2.45) is 5.92 Å². The molecule has 0 radical (unpaired) electrons. The lowest BCUT2D eigenvalue weighted by atomic mass is 9.48. The van der Waals surface area contributed by atoms with Gasteiger partial charge in [-0.1, -0.05) is 54.6 Å². The molecule has 0 unspecified atom stereocenters. The summed E-state index contributed by atoms with van der Waals surface area (Å²) in [5, 5.41) is 26.5. The highest BCUT2D eigenvalue weighted by atomic mass is 16.5. The summed E-state index contributed by atoms with van der Waals surface area (Å²) in [5.74, 6) is 1.89. The highest BCUT2D eigenvalue weighted by Gasteiger charge is 2.73. The average Bonchev–Trinajstić information content (AvgIpc) is 3.76. The quantitative estimate of drug-likeness (QED) is 0.253. The van der Waals surface area contributed by atoms with Crippen molar-refractivity contribution in [2.45, 2.75) is 80.8 Å². The van der Waals surface area contributed by atoms with E-state index in [0.717, 1.165) is 54.1 Å². The highest BCUT2D eigenvalue weighted by molar-refractivity contribution is 5.93. The van der Waals surface area contributed by atoms with E-state index in [0.29, 0.717) is 36.3 Å². The maximum Gasteiger partial charge on any atom is 0.311 e. The molecule has 3 heterocycles. The van der Waals surface area contributed by atoms with E-state index in [9.17, 15) is 15.0 Å². The molecule has 4 aromatic rings. The van der Waals surface area contributed by atoms with E-state index < -0.39 is 17.1 Å². The number of fused-ring (bicyclic) bond motifs is 1. The molecule has 5 aliphatic rings. The van der Waals surface area contributed by atoms with Gasteiger partial charge in [-0.15, -0.1) is 0 Å². The van der Waals surface area contributed by atoms with Gasteiger partial charge in [-0.25, -0.2) is 0 Å². The second-order valence-electron chi connectivity index (χ2n) is 14.1. The van der Waals surface area contributed by atoms with Crippen molar-refractivity contribution in [3.8, 4) is 17.4 Å². The smallest absolute Gasteiger partial charge is 0.311 e. The van der Waals surface area contributed by atoms with Crippen LogP contribution in [0.5, 0.6) is 17.4 Å². The Morgan fingerprint density at radius 2 is 1.78 bits per heavy atom. The standard InChI is InChI=1S/C38H40N2O6/c1-44-32(41)20-29-26-9-5-6-10-27(26)36(42)40(29)28-15-16-38(43)31-19-25-13-14-30(45-22-24-7-3-2-4-8-24)34-33(25)37(38,35(28)46-34)17-18-39(31)21-23-11-12-23/h2-10,13-14,23,28,31,35,42-43H,11-12,15-22H2,1H3/t28-,31-,35+,37+,38-/m1/s1. The second kappa shape index (κ2) is 10.2. The minimum atomic E-state index is -0.998. The van der Waals surface area contributed by atoms with E-state index in [-0.39, 0.29) is 30.4 Å². The maximum atomic E-state index is 13.1. The molecule has 9 rings (SSSR count). The van der Waals surface area contributed by atoms with Crippen LogP contribution in [0.15, 0.2) is 66.7 Å². The van der Waals surface area contributed by atoms with E-state index in [1.165, 1.54) is 25.5 Å². The van der Waals surface area contributed by atoms with Gasteiger partial charge in [0.05, 0.1) is 30.6 Å². The number of hydrogen-bond acceptors (Lipinski definition) is 7. The van der Waals surface area contributed by atoms with Gasteiger partial charge < -0.3 is 29.0 Å². The SMILES string of the molecule is COC(=O)Cc1c2ccccc2c(O)n1[C@@H]1CC[C@@]2(O)[C@H]3Cc4ccc(OCc5ccccc5)c5c4[C@@]2(CCN3CC2CC2)[C@H]1O5. The molecule has 3 fully saturated rings. The second-order valence-corrected chi connectivity index (χ2v) is 14.1. The molecule has 1 aromatic heterocycles. The molecule has 2 aliphatic heterocycles. The summed E-state index contributed by atoms with van der Waals surface area (Å²) in [6.07, 6.45) is 4.81. The van der Waals surface area contributed by atoms with Crippen molar-refractivity contribution in [3.05, 3.63) is 89.1 Å². The van der Waals surface area contributed by atoms with Crippen LogP contribution in [0, 0.1) is 5.92 Å². The third-order valence-corrected chi connectivity index (χ3v) is 11.8. The molecule has 2 bridgehead atoms. The molecule has 238 valence electrons. The van der Waals surface area contributed by atoms with Gasteiger partial charge in [0, 0.05) is 34.6 Å². The molecule has 2 N–H and O–H groups in total. The number of piperidine rings is 1. The number of carbonyl (C=O) groups is 1. The number of ether oxygens (including phenoxy) is 3. The highest BCUT2D eigenvalue weighted by Crippen LogP contribution is 2.67. The largest absolute Gasteiger partial charge is 0.494 e. The first-order valence-electron chi connectivity index (χ1n) is 16.8. The van der Waals surface area contributed by atoms with Gasteiger partial charge in [-0.3, -0.25) is 9.69 Å². The molecule has 1 spiro atoms. The van der Waals surface area contributed by atoms with Crippen molar-refractivity contribution >= 4 is 16.7 Å². The fourth-order valence-electron chi connectivity index (χ4n) is 9.62. The van der Waals surface area contributed by atoms with Gasteiger partial charge in [0.1, 0.15) is 12.7 Å². The first kappa shape index (κ1) is 28.2. The number of aliphatic hydroxyl groups is 1. The minimum absolute atomic E-state index is 0.00434. The lowest BCUT2D eigenvalue weighted by Crippen LogP contribution is -2.76. The molecule has 8 nitrogen and oxygen atoms in total. The lowest BCUT2D eigenvalue weighted by molar-refractivity contribution is -0.196. The molecule has 1 saturated heterocycles. The first-order chi connectivity index (χ1) is 22.4. The van der Waals surface area contributed by atoms with E-state index in [2.05, 4.69) is 11.0 Å². The summed E-state index contributed by atoms with van der Waals surface area (Å²) in [6, 6.07) is 21.7. The normalized spacial score (nSPS) is 29.3. The van der Waals surface area contributed by atoms with Crippen LogP contribution in [0.3, 0.4) is 0 Å². The number of hydrogen-bond donors (Lipinski definition) is 2. The van der Waals surface area contributed by atoms with Crippen LogP contribution in [-0.4, -0.2) is 63.6 Å². The molecule has 46 heavy (non-hydrogen) atoms. The predicted molar refractivity (Wildman–Crippen MR) is 172 cm³/mol. The number of rotatable bonds is 8. The molecular formula is C38H40N2O6. The molecule has 3 aromatic carbocycles. The molecule has 5 atom stereocenters. The Morgan fingerprint density at radius 3 is 2.57 bits per heavy atom. The summed E-state index contributed by atoms with van der Waals surface area (Å²) >= 11 is 0. The van der Waals surface area contributed by atoms with Crippen molar-refractivity contribution in [1.29, 1.82) is 0 Å². The Morgan fingerprint density at radius 1 is 1.00 bits per heavy atom. The van der Waals surface area contributed by atoms with Crippen molar-refractivity contribution in [2.75, 3.05) is 20.2 Å². The molecular weight excluding hydrogens is 580 g/mol. The maximum absolute atomic E-state index is 13.1. The number of likely N-dealkylation sites (tertiary alicyclic amines) is 1. The fraction of sp³-hybridized carbons (Fsp3) is 0.447. The van der Waals surface area contributed by atoms with Crippen molar-refractivity contribution in [1.82, 2.24) is 9.47 Å². The van der Waals surface area contributed by atoms with Crippen LogP contribution in [0.2, 0.25) is 0 Å². The monoisotopic (exact) mass is 620 g/mol. The van der Waals surface area contributed by atoms with Gasteiger partial charge >= 0.3 is 5.97 Å². The van der Waals surface area contributed by atoms with Gasteiger partial charge in [0.2, 0.25) is 0 Å². The Bertz CT molecular complexity index is 1850. The number of methoxy groups -OCH3 is 1. The van der Waals surface area contributed by atoms with Crippen LogP contribution < -0.4 is 9.47 Å². The van der Waals surface area contributed by atoms with Crippen molar-refractivity contribution in [3.63, 3.8) is 0 Å². The lowest BCUT2D eigenvalue weighted by Gasteiger charge is -2.64. The zero-order valence-corrected chi connectivity index (χ0v) is 26.2. The molecule has 8 heteroatoms.